The highest BCUT2D eigenvalue weighted by Gasteiger charge is 2.34. The molecular formula is C23H30N6O9. The number of nitrogens with one attached hydrogen (secondary N) is 4. The van der Waals surface area contributed by atoms with E-state index in [2.05, 4.69) is 15.6 Å². The fourth-order valence-electron chi connectivity index (χ4n) is 3.61. The molecular weight excluding hydrogens is 504 g/mol. The molecule has 2 rings (SSSR count). The van der Waals surface area contributed by atoms with Crippen molar-refractivity contribution in [3.05, 3.63) is 36.0 Å². The number of H-pyrrole nitrogens is 1. The first-order valence-corrected chi connectivity index (χ1v) is 11.4. The van der Waals surface area contributed by atoms with E-state index in [-0.39, 0.29) is 6.42 Å². The Morgan fingerprint density at radius 2 is 1.55 bits per heavy atom. The van der Waals surface area contributed by atoms with Crippen LogP contribution in [-0.2, 0) is 35.2 Å². The van der Waals surface area contributed by atoms with Gasteiger partial charge in [-0.15, -0.1) is 0 Å². The summed E-state index contributed by atoms with van der Waals surface area (Å²) in [5, 5.41) is 35.1. The number of primary amides is 1. The van der Waals surface area contributed by atoms with E-state index in [0.29, 0.717) is 0 Å². The third-order valence-corrected chi connectivity index (χ3v) is 5.55. The zero-order valence-corrected chi connectivity index (χ0v) is 20.3. The molecule has 0 aliphatic rings. The topological polar surface area (TPSA) is 267 Å². The number of aliphatic hydroxyl groups is 1. The number of aromatic nitrogens is 1. The second-order valence-corrected chi connectivity index (χ2v) is 8.63. The minimum absolute atomic E-state index is 0.0830. The first-order valence-electron chi connectivity index (χ1n) is 11.4. The van der Waals surface area contributed by atoms with Crippen molar-refractivity contribution < 1.29 is 44.1 Å². The predicted molar refractivity (Wildman–Crippen MR) is 131 cm³/mol. The number of carboxylic acids is 2. The molecule has 4 amide bonds. The molecule has 0 aliphatic carbocycles. The quantitative estimate of drug-likeness (QED) is 0.121. The lowest BCUT2D eigenvalue weighted by molar-refractivity contribution is -0.148. The molecule has 5 unspecified atom stereocenters. The van der Waals surface area contributed by atoms with Gasteiger partial charge in [0.05, 0.1) is 25.0 Å². The van der Waals surface area contributed by atoms with Crippen molar-refractivity contribution in [2.24, 2.45) is 11.5 Å². The molecule has 0 aliphatic heterocycles. The number of amides is 4. The molecule has 0 bridgehead atoms. The van der Waals surface area contributed by atoms with Gasteiger partial charge in [-0.05, 0) is 25.0 Å². The van der Waals surface area contributed by atoms with Crippen molar-refractivity contribution in [1.82, 2.24) is 20.9 Å². The van der Waals surface area contributed by atoms with Gasteiger partial charge in [-0.1, -0.05) is 18.2 Å². The lowest BCUT2D eigenvalue weighted by Crippen LogP contribution is -2.60. The van der Waals surface area contributed by atoms with Crippen molar-refractivity contribution in [2.75, 3.05) is 0 Å². The summed E-state index contributed by atoms with van der Waals surface area (Å²) < 4.78 is 0. The van der Waals surface area contributed by atoms with Crippen LogP contribution in [-0.4, -0.2) is 86.1 Å². The molecule has 38 heavy (non-hydrogen) atoms. The Morgan fingerprint density at radius 3 is 2.13 bits per heavy atom. The molecule has 2 aromatic rings. The SMILES string of the molecule is CC(O)C(NC(=O)C(CC(N)=O)NC(=O)C(N)Cc1c[nH]c2ccccc12)C(=O)NC(CC(=O)O)C(=O)O. The van der Waals surface area contributed by atoms with Crippen LogP contribution < -0.4 is 27.4 Å². The van der Waals surface area contributed by atoms with Crippen LogP contribution >= 0.6 is 0 Å². The van der Waals surface area contributed by atoms with Crippen LogP contribution in [0.5, 0.6) is 0 Å². The lowest BCUT2D eigenvalue weighted by atomic mass is 10.0. The molecule has 5 atom stereocenters. The second kappa shape index (κ2) is 13.2. The van der Waals surface area contributed by atoms with Gasteiger partial charge in [0.2, 0.25) is 23.6 Å². The number of hydrogen-bond acceptors (Lipinski definition) is 8. The zero-order valence-electron chi connectivity index (χ0n) is 20.3. The number of nitrogens with two attached hydrogens (primary N) is 2. The fourth-order valence-corrected chi connectivity index (χ4v) is 3.61. The minimum Gasteiger partial charge on any atom is -0.481 e. The van der Waals surface area contributed by atoms with Gasteiger partial charge in [-0.25, -0.2) is 4.79 Å². The monoisotopic (exact) mass is 534 g/mol. The van der Waals surface area contributed by atoms with Crippen molar-refractivity contribution in [2.45, 2.75) is 56.5 Å². The third kappa shape index (κ3) is 8.28. The predicted octanol–water partition coefficient (Wildman–Crippen LogP) is -2.69. The van der Waals surface area contributed by atoms with Gasteiger partial charge >= 0.3 is 11.9 Å². The summed E-state index contributed by atoms with van der Waals surface area (Å²) in [6.45, 7) is 1.11. The van der Waals surface area contributed by atoms with Crippen LogP contribution in [0.25, 0.3) is 10.9 Å². The molecule has 15 nitrogen and oxygen atoms in total. The molecule has 1 heterocycles. The summed E-state index contributed by atoms with van der Waals surface area (Å²) in [6.07, 6.45) is -1.45. The lowest BCUT2D eigenvalue weighted by Gasteiger charge is -2.26. The van der Waals surface area contributed by atoms with Crippen molar-refractivity contribution in [3.8, 4) is 0 Å². The highest BCUT2D eigenvalue weighted by atomic mass is 16.4. The van der Waals surface area contributed by atoms with Gasteiger partial charge in [-0.2, -0.15) is 0 Å². The Morgan fingerprint density at radius 1 is 0.921 bits per heavy atom. The summed E-state index contributed by atoms with van der Waals surface area (Å²) in [5.74, 6) is -7.24. The van der Waals surface area contributed by atoms with E-state index in [1.54, 1.807) is 6.20 Å². The maximum atomic E-state index is 12.9. The van der Waals surface area contributed by atoms with Crippen LogP contribution in [0, 0.1) is 0 Å². The Bertz CT molecular complexity index is 1210. The fraction of sp³-hybridized carbons (Fsp3) is 0.391. The van der Waals surface area contributed by atoms with Gasteiger partial charge in [0.15, 0.2) is 0 Å². The minimum atomic E-state index is -1.85. The first-order chi connectivity index (χ1) is 17.8. The van der Waals surface area contributed by atoms with Gasteiger partial charge < -0.3 is 47.7 Å². The standard InChI is InChI=1S/C23H30N6O9/c1-10(30)19(22(36)28-16(23(37)38)8-18(32)33)29-21(35)15(7-17(25)31)27-20(34)13(24)6-11-9-26-14-5-3-2-4-12(11)14/h2-5,9-10,13,15-16,19,26,30H,6-8,24H2,1H3,(H2,25,31)(H,27,34)(H,28,36)(H,29,35)(H,32,33)(H,37,38). The molecule has 0 fully saturated rings. The number of carbonyl (C=O) groups excluding carboxylic acids is 4. The molecule has 1 aromatic heterocycles. The summed E-state index contributed by atoms with van der Waals surface area (Å²) in [7, 11) is 0. The van der Waals surface area contributed by atoms with E-state index in [1.165, 1.54) is 0 Å². The van der Waals surface area contributed by atoms with Gasteiger partial charge in [0, 0.05) is 17.1 Å². The van der Waals surface area contributed by atoms with E-state index in [9.17, 15) is 33.9 Å². The number of fused-ring (bicyclic) bond motifs is 1. The highest BCUT2D eigenvalue weighted by Crippen LogP contribution is 2.18. The molecule has 0 radical (unpaired) electrons. The van der Waals surface area contributed by atoms with Crippen molar-refractivity contribution in [1.29, 1.82) is 0 Å². The summed E-state index contributed by atoms with van der Waals surface area (Å²) in [5.41, 5.74) is 12.8. The van der Waals surface area contributed by atoms with E-state index >= 15 is 0 Å². The van der Waals surface area contributed by atoms with Crippen molar-refractivity contribution >= 4 is 46.5 Å². The van der Waals surface area contributed by atoms with Gasteiger partial charge in [0.1, 0.15) is 18.1 Å². The summed E-state index contributed by atoms with van der Waals surface area (Å²) in [6, 6.07) is 0.990. The number of aliphatic hydroxyl groups excluding tert-OH is 1. The number of hydrogen-bond donors (Lipinski definition) is 9. The Balaban J connectivity index is 2.12. The number of aliphatic carboxylic acids is 2. The average molecular weight is 535 g/mol. The van der Waals surface area contributed by atoms with E-state index in [0.717, 1.165) is 23.4 Å². The van der Waals surface area contributed by atoms with Crippen LogP contribution in [0.4, 0.5) is 0 Å². The van der Waals surface area contributed by atoms with E-state index in [4.69, 9.17) is 21.7 Å². The molecule has 0 saturated heterocycles. The Kier molecular flexibility index (Phi) is 10.3. The number of para-hydroxylation sites is 1. The normalized spacial score (nSPS) is 14.9. The van der Waals surface area contributed by atoms with Crippen LogP contribution in [0.3, 0.4) is 0 Å². The number of benzene rings is 1. The molecule has 206 valence electrons. The Labute approximate surface area is 215 Å². The number of carboxylic acid groups (broad SMARTS) is 2. The third-order valence-electron chi connectivity index (χ3n) is 5.55. The molecule has 1 aromatic carbocycles. The highest BCUT2D eigenvalue weighted by molar-refractivity contribution is 5.97. The van der Waals surface area contributed by atoms with Gasteiger partial charge in [-0.3, -0.25) is 24.0 Å². The first kappa shape index (κ1) is 29.7. The second-order valence-electron chi connectivity index (χ2n) is 8.63. The van der Waals surface area contributed by atoms with E-state index in [1.807, 2.05) is 29.6 Å². The zero-order chi connectivity index (χ0) is 28.6. The number of rotatable bonds is 14. The largest absolute Gasteiger partial charge is 0.481 e. The van der Waals surface area contributed by atoms with Crippen molar-refractivity contribution in [3.63, 3.8) is 0 Å². The van der Waals surface area contributed by atoms with Gasteiger partial charge in [0.25, 0.3) is 0 Å². The van der Waals surface area contributed by atoms with Crippen LogP contribution in [0.1, 0.15) is 25.3 Å². The molecule has 0 spiro atoms. The van der Waals surface area contributed by atoms with E-state index < -0.39 is 78.7 Å². The molecule has 15 heteroatoms. The van der Waals surface area contributed by atoms with Crippen LogP contribution in [0.15, 0.2) is 30.5 Å². The number of aromatic amines is 1. The van der Waals surface area contributed by atoms with Crippen LogP contribution in [0.2, 0.25) is 0 Å². The number of carbonyl (C=O) groups is 6. The average Bonchev–Trinajstić information content (AvgIpc) is 3.23. The smallest absolute Gasteiger partial charge is 0.326 e. The summed E-state index contributed by atoms with van der Waals surface area (Å²) >= 11 is 0. The maximum absolute atomic E-state index is 12.9. The summed E-state index contributed by atoms with van der Waals surface area (Å²) in [4.78, 5) is 74.9. The Hall–Kier alpha value is -4.50. The maximum Gasteiger partial charge on any atom is 0.326 e. The molecule has 11 N–H and O–H groups in total. The molecule has 0 saturated carbocycles.